The van der Waals surface area contributed by atoms with Crippen LogP contribution in [0.4, 0.5) is 0 Å². The highest BCUT2D eigenvalue weighted by Crippen LogP contribution is 2.12. The molecule has 1 unspecified atom stereocenters. The molecule has 0 aliphatic heterocycles. The monoisotopic (exact) mass is 249 g/mol. The van der Waals surface area contributed by atoms with Crippen LogP contribution in [0.1, 0.15) is 23.6 Å². The number of nitrogens with two attached hydrogens (primary N) is 1. The zero-order chi connectivity index (χ0) is 13.5. The van der Waals surface area contributed by atoms with Crippen LogP contribution in [0.2, 0.25) is 0 Å². The number of benzene rings is 1. The molecular weight excluding hydrogens is 222 g/mol. The van der Waals surface area contributed by atoms with E-state index >= 15 is 0 Å². The van der Waals surface area contributed by atoms with E-state index in [2.05, 4.69) is 62.1 Å². The van der Waals surface area contributed by atoms with E-state index in [9.17, 15) is 0 Å². The Bertz CT molecular complexity index is 332. The summed E-state index contributed by atoms with van der Waals surface area (Å²) in [5.41, 5.74) is 8.73. The first kappa shape index (κ1) is 15.2. The van der Waals surface area contributed by atoms with Gasteiger partial charge in [0.25, 0.3) is 0 Å². The second-order valence-electron chi connectivity index (χ2n) is 5.44. The average molecular weight is 249 g/mol. The van der Waals surface area contributed by atoms with Crippen molar-refractivity contribution in [3.8, 4) is 0 Å². The lowest BCUT2D eigenvalue weighted by atomic mass is 10.1. The maximum atomic E-state index is 6.23. The second-order valence-corrected chi connectivity index (χ2v) is 5.44. The first-order valence-electron chi connectivity index (χ1n) is 6.64. The summed E-state index contributed by atoms with van der Waals surface area (Å²) < 4.78 is 0. The molecule has 102 valence electrons. The van der Waals surface area contributed by atoms with E-state index < -0.39 is 0 Å². The molecule has 0 aromatic heterocycles. The zero-order valence-electron chi connectivity index (χ0n) is 12.2. The SMILES string of the molecule is Cc1ccc(C(N)CN(C)CCCN(C)C)cc1. The minimum Gasteiger partial charge on any atom is -0.323 e. The second kappa shape index (κ2) is 7.52. The van der Waals surface area contributed by atoms with E-state index in [4.69, 9.17) is 5.73 Å². The lowest BCUT2D eigenvalue weighted by molar-refractivity contribution is 0.286. The molecule has 0 aliphatic carbocycles. The minimum absolute atomic E-state index is 0.106. The van der Waals surface area contributed by atoms with E-state index in [0.717, 1.165) is 19.6 Å². The Labute approximate surface area is 112 Å². The Morgan fingerprint density at radius 2 is 1.67 bits per heavy atom. The molecule has 1 aromatic rings. The van der Waals surface area contributed by atoms with Crippen LogP contribution in [0.15, 0.2) is 24.3 Å². The van der Waals surface area contributed by atoms with Gasteiger partial charge in [-0.1, -0.05) is 29.8 Å². The largest absolute Gasteiger partial charge is 0.323 e. The highest BCUT2D eigenvalue weighted by molar-refractivity contribution is 5.24. The van der Waals surface area contributed by atoms with Crippen molar-refractivity contribution in [3.63, 3.8) is 0 Å². The van der Waals surface area contributed by atoms with Crippen molar-refractivity contribution in [2.45, 2.75) is 19.4 Å². The number of rotatable bonds is 7. The quantitative estimate of drug-likeness (QED) is 0.801. The molecule has 18 heavy (non-hydrogen) atoms. The summed E-state index contributed by atoms with van der Waals surface area (Å²) in [4.78, 5) is 4.53. The maximum absolute atomic E-state index is 6.23. The lowest BCUT2D eigenvalue weighted by Gasteiger charge is -2.22. The third-order valence-corrected chi connectivity index (χ3v) is 3.16. The van der Waals surface area contributed by atoms with Gasteiger partial charge in [0.05, 0.1) is 0 Å². The standard InChI is InChI=1S/C15H27N3/c1-13-6-8-14(9-7-13)15(16)12-18(4)11-5-10-17(2)3/h6-9,15H,5,10-12,16H2,1-4H3. The summed E-state index contributed by atoms with van der Waals surface area (Å²) in [7, 11) is 6.36. The summed E-state index contributed by atoms with van der Waals surface area (Å²) in [6.45, 7) is 5.24. The van der Waals surface area contributed by atoms with Gasteiger partial charge in [0, 0.05) is 12.6 Å². The molecule has 0 saturated heterocycles. The van der Waals surface area contributed by atoms with E-state index in [0.29, 0.717) is 0 Å². The van der Waals surface area contributed by atoms with Crippen molar-refractivity contribution in [2.24, 2.45) is 5.73 Å². The number of hydrogen-bond donors (Lipinski definition) is 1. The summed E-state index contributed by atoms with van der Waals surface area (Å²) in [5.74, 6) is 0. The first-order chi connectivity index (χ1) is 8.49. The molecule has 0 heterocycles. The molecule has 0 saturated carbocycles. The fourth-order valence-electron chi connectivity index (χ4n) is 2.00. The Hall–Kier alpha value is -0.900. The molecule has 0 radical (unpaired) electrons. The van der Waals surface area contributed by atoms with Gasteiger partial charge in [-0.05, 0) is 53.1 Å². The predicted octanol–water partition coefficient (Wildman–Crippen LogP) is 1.88. The Morgan fingerprint density at radius 1 is 1.06 bits per heavy atom. The molecule has 3 heteroatoms. The normalized spacial score (nSPS) is 13.3. The van der Waals surface area contributed by atoms with Gasteiger partial charge < -0.3 is 15.5 Å². The van der Waals surface area contributed by atoms with Crippen molar-refractivity contribution in [1.82, 2.24) is 9.80 Å². The fourth-order valence-corrected chi connectivity index (χ4v) is 2.00. The Balaban J connectivity index is 2.34. The van der Waals surface area contributed by atoms with Gasteiger partial charge in [0.2, 0.25) is 0 Å². The fraction of sp³-hybridized carbons (Fsp3) is 0.600. The van der Waals surface area contributed by atoms with E-state index in [1.54, 1.807) is 0 Å². The maximum Gasteiger partial charge on any atom is 0.0424 e. The molecule has 1 atom stereocenters. The molecule has 3 nitrogen and oxygen atoms in total. The zero-order valence-corrected chi connectivity index (χ0v) is 12.2. The van der Waals surface area contributed by atoms with Crippen LogP contribution < -0.4 is 5.73 Å². The van der Waals surface area contributed by atoms with Gasteiger partial charge in [-0.15, -0.1) is 0 Å². The van der Waals surface area contributed by atoms with Crippen molar-refractivity contribution in [1.29, 1.82) is 0 Å². The van der Waals surface area contributed by atoms with Crippen LogP contribution >= 0.6 is 0 Å². The van der Waals surface area contributed by atoms with Gasteiger partial charge in [-0.2, -0.15) is 0 Å². The summed E-state index contributed by atoms with van der Waals surface area (Å²) >= 11 is 0. The molecule has 1 rings (SSSR count). The highest BCUT2D eigenvalue weighted by atomic mass is 15.1. The number of likely N-dealkylation sites (N-methyl/N-ethyl adjacent to an activating group) is 1. The van der Waals surface area contributed by atoms with Crippen molar-refractivity contribution in [3.05, 3.63) is 35.4 Å². The third-order valence-electron chi connectivity index (χ3n) is 3.16. The molecule has 1 aromatic carbocycles. The highest BCUT2D eigenvalue weighted by Gasteiger charge is 2.08. The Morgan fingerprint density at radius 3 is 2.22 bits per heavy atom. The molecule has 0 amide bonds. The van der Waals surface area contributed by atoms with Gasteiger partial charge in [-0.25, -0.2) is 0 Å². The summed E-state index contributed by atoms with van der Waals surface area (Å²) in [5, 5.41) is 0. The predicted molar refractivity (Wildman–Crippen MR) is 78.8 cm³/mol. The first-order valence-corrected chi connectivity index (χ1v) is 6.64. The molecular formula is C15H27N3. The van der Waals surface area contributed by atoms with E-state index in [1.807, 2.05) is 0 Å². The van der Waals surface area contributed by atoms with Crippen LogP contribution in [0.5, 0.6) is 0 Å². The van der Waals surface area contributed by atoms with Gasteiger partial charge in [0.1, 0.15) is 0 Å². The van der Waals surface area contributed by atoms with E-state index in [-0.39, 0.29) is 6.04 Å². The van der Waals surface area contributed by atoms with Crippen LogP contribution in [0.3, 0.4) is 0 Å². The average Bonchev–Trinajstić information content (AvgIpc) is 2.29. The van der Waals surface area contributed by atoms with Crippen molar-refractivity contribution >= 4 is 0 Å². The van der Waals surface area contributed by atoms with Gasteiger partial charge in [0.15, 0.2) is 0 Å². The third kappa shape index (κ3) is 5.63. The van der Waals surface area contributed by atoms with Crippen LogP contribution in [-0.4, -0.2) is 50.6 Å². The van der Waals surface area contributed by atoms with Crippen LogP contribution in [-0.2, 0) is 0 Å². The molecule has 0 fully saturated rings. The van der Waals surface area contributed by atoms with Gasteiger partial charge in [-0.3, -0.25) is 0 Å². The number of nitrogens with zero attached hydrogens (tertiary/aromatic N) is 2. The number of aryl methyl sites for hydroxylation is 1. The molecule has 2 N–H and O–H groups in total. The van der Waals surface area contributed by atoms with Crippen LogP contribution in [0.25, 0.3) is 0 Å². The van der Waals surface area contributed by atoms with Crippen LogP contribution in [0, 0.1) is 6.92 Å². The minimum atomic E-state index is 0.106. The lowest BCUT2D eigenvalue weighted by Crippen LogP contribution is -2.31. The topological polar surface area (TPSA) is 32.5 Å². The molecule has 0 bridgehead atoms. The van der Waals surface area contributed by atoms with E-state index in [1.165, 1.54) is 17.5 Å². The van der Waals surface area contributed by atoms with Gasteiger partial charge >= 0.3 is 0 Å². The summed E-state index contributed by atoms with van der Waals surface area (Å²) in [6.07, 6.45) is 1.18. The number of hydrogen-bond acceptors (Lipinski definition) is 3. The molecule has 0 spiro atoms. The Kier molecular flexibility index (Phi) is 6.33. The molecule has 0 aliphatic rings. The van der Waals surface area contributed by atoms with Crippen molar-refractivity contribution < 1.29 is 0 Å². The summed E-state index contributed by atoms with van der Waals surface area (Å²) in [6, 6.07) is 8.62. The van der Waals surface area contributed by atoms with Crippen molar-refractivity contribution in [2.75, 3.05) is 40.8 Å². The smallest absolute Gasteiger partial charge is 0.0424 e.